The topological polar surface area (TPSA) is 130 Å². The van der Waals surface area contributed by atoms with E-state index in [1.165, 1.54) is 4.90 Å². The van der Waals surface area contributed by atoms with Crippen LogP contribution in [0.2, 0.25) is 0 Å². The fourth-order valence-electron chi connectivity index (χ4n) is 1.96. The molecule has 0 bridgehead atoms. The number of urea groups is 1. The zero-order valence-corrected chi connectivity index (χ0v) is 9.80. The molecular weight excluding hydrogens is 238 g/mol. The van der Waals surface area contributed by atoms with Crippen LogP contribution in [0.15, 0.2) is 0 Å². The van der Waals surface area contributed by atoms with Gasteiger partial charge in [0.05, 0.1) is 12.5 Å². The Balaban J connectivity index is 1.83. The Morgan fingerprint density at radius 1 is 1.56 bits per heavy atom. The highest BCUT2D eigenvalue weighted by molar-refractivity contribution is 5.80. The van der Waals surface area contributed by atoms with Gasteiger partial charge >= 0.3 is 6.03 Å². The number of nitrogens with two attached hydrogens (primary N) is 1. The molecule has 0 aromatic carbocycles. The lowest BCUT2D eigenvalue weighted by Gasteiger charge is -2.30. The van der Waals surface area contributed by atoms with E-state index in [4.69, 9.17) is 5.73 Å². The third kappa shape index (κ3) is 2.93. The van der Waals surface area contributed by atoms with Gasteiger partial charge in [0.1, 0.15) is 0 Å². The maximum atomic E-state index is 11.9. The number of aromatic amines is 1. The number of tetrazole rings is 1. The molecular formula is C9H15N7O2. The molecule has 1 aliphatic rings. The van der Waals surface area contributed by atoms with Gasteiger partial charge in [0.15, 0.2) is 5.82 Å². The summed E-state index contributed by atoms with van der Waals surface area (Å²) in [4.78, 5) is 24.4. The highest BCUT2D eigenvalue weighted by atomic mass is 16.2. The minimum atomic E-state index is -0.481. The molecule has 2 rings (SSSR count). The zero-order chi connectivity index (χ0) is 13.0. The molecule has 4 N–H and O–H groups in total. The van der Waals surface area contributed by atoms with Gasteiger partial charge in [0.25, 0.3) is 0 Å². The first-order valence-electron chi connectivity index (χ1n) is 5.71. The maximum Gasteiger partial charge on any atom is 0.314 e. The van der Waals surface area contributed by atoms with Crippen LogP contribution >= 0.6 is 0 Å². The van der Waals surface area contributed by atoms with Gasteiger partial charge in [0.2, 0.25) is 5.91 Å². The smallest absolute Gasteiger partial charge is 0.314 e. The number of aromatic nitrogens is 4. The zero-order valence-electron chi connectivity index (χ0n) is 9.80. The molecule has 1 aliphatic heterocycles. The molecule has 1 fully saturated rings. The van der Waals surface area contributed by atoms with Gasteiger partial charge in [-0.25, -0.2) is 4.79 Å². The van der Waals surface area contributed by atoms with E-state index in [-0.39, 0.29) is 18.4 Å². The number of nitrogens with zero attached hydrogens (tertiary/aromatic N) is 4. The Morgan fingerprint density at radius 3 is 3.06 bits per heavy atom. The minimum absolute atomic E-state index is 0.120. The van der Waals surface area contributed by atoms with Crippen LogP contribution in [0.4, 0.5) is 4.79 Å². The second-order valence-electron chi connectivity index (χ2n) is 4.17. The summed E-state index contributed by atoms with van der Waals surface area (Å²) in [6, 6.07) is -0.481. The number of H-pyrrole nitrogens is 1. The lowest BCUT2D eigenvalue weighted by atomic mass is 9.97. The third-order valence-corrected chi connectivity index (χ3v) is 2.91. The van der Waals surface area contributed by atoms with Gasteiger partial charge in [-0.15, -0.1) is 10.2 Å². The Hall–Kier alpha value is -2.19. The molecule has 0 aliphatic carbocycles. The largest absolute Gasteiger partial charge is 0.351 e. The summed E-state index contributed by atoms with van der Waals surface area (Å²) in [7, 11) is 0. The number of piperidine rings is 1. The maximum absolute atomic E-state index is 11.9. The van der Waals surface area contributed by atoms with E-state index in [1.807, 2.05) is 0 Å². The number of rotatable bonds is 3. The van der Waals surface area contributed by atoms with Gasteiger partial charge in [-0.2, -0.15) is 5.21 Å². The molecule has 0 spiro atoms. The summed E-state index contributed by atoms with van der Waals surface area (Å²) >= 11 is 0. The third-order valence-electron chi connectivity index (χ3n) is 2.91. The van der Waals surface area contributed by atoms with Crippen LogP contribution < -0.4 is 11.1 Å². The predicted molar refractivity (Wildman–Crippen MR) is 59.9 cm³/mol. The fraction of sp³-hybridized carbons (Fsp3) is 0.667. The van der Waals surface area contributed by atoms with Crippen LogP contribution in [0.1, 0.15) is 18.7 Å². The van der Waals surface area contributed by atoms with Crippen LogP contribution in [0.3, 0.4) is 0 Å². The van der Waals surface area contributed by atoms with E-state index in [9.17, 15) is 9.59 Å². The summed E-state index contributed by atoms with van der Waals surface area (Å²) < 4.78 is 0. The second kappa shape index (κ2) is 5.43. The molecule has 1 unspecified atom stereocenters. The average Bonchev–Trinajstić information content (AvgIpc) is 2.89. The highest BCUT2D eigenvalue weighted by Crippen LogP contribution is 2.16. The summed E-state index contributed by atoms with van der Waals surface area (Å²) in [6.45, 7) is 1.21. The van der Waals surface area contributed by atoms with Crippen molar-refractivity contribution in [2.45, 2.75) is 19.4 Å². The average molecular weight is 253 g/mol. The van der Waals surface area contributed by atoms with Crippen molar-refractivity contribution in [2.24, 2.45) is 11.7 Å². The second-order valence-corrected chi connectivity index (χ2v) is 4.17. The quantitative estimate of drug-likeness (QED) is 0.610. The number of primary amides is 1. The number of carbonyl (C=O) groups excluding carboxylic acids is 2. The molecule has 9 nitrogen and oxygen atoms in total. The van der Waals surface area contributed by atoms with Crippen molar-refractivity contribution >= 4 is 11.9 Å². The normalized spacial score (nSPS) is 19.6. The van der Waals surface area contributed by atoms with Gasteiger partial charge in [-0.3, -0.25) is 4.79 Å². The molecule has 0 radical (unpaired) electrons. The van der Waals surface area contributed by atoms with Crippen molar-refractivity contribution < 1.29 is 9.59 Å². The van der Waals surface area contributed by atoms with Gasteiger partial charge in [-0.1, -0.05) is 5.21 Å². The fourth-order valence-corrected chi connectivity index (χ4v) is 1.96. The monoisotopic (exact) mass is 253 g/mol. The number of carbonyl (C=O) groups is 2. The minimum Gasteiger partial charge on any atom is -0.351 e. The molecule has 0 saturated carbocycles. The van der Waals surface area contributed by atoms with Gasteiger partial charge < -0.3 is 16.0 Å². The Labute approximate surface area is 103 Å². The molecule has 3 amide bonds. The number of hydrogen-bond donors (Lipinski definition) is 3. The van der Waals surface area contributed by atoms with Gasteiger partial charge in [0, 0.05) is 13.1 Å². The first kappa shape index (κ1) is 12.3. The molecule has 18 heavy (non-hydrogen) atoms. The van der Waals surface area contributed by atoms with Crippen LogP contribution in [0.25, 0.3) is 0 Å². The van der Waals surface area contributed by atoms with Crippen LogP contribution in [0, 0.1) is 5.92 Å². The van der Waals surface area contributed by atoms with Crippen LogP contribution in [0.5, 0.6) is 0 Å². The van der Waals surface area contributed by atoms with Crippen molar-refractivity contribution in [2.75, 3.05) is 13.1 Å². The number of hydrogen-bond acceptors (Lipinski definition) is 5. The molecule has 1 saturated heterocycles. The van der Waals surface area contributed by atoms with Crippen LogP contribution in [-0.2, 0) is 11.3 Å². The van der Waals surface area contributed by atoms with E-state index < -0.39 is 6.03 Å². The first-order chi connectivity index (χ1) is 8.66. The SMILES string of the molecule is NC(=O)N1CCCC(C(=O)NCc2nn[nH]n2)C1. The van der Waals surface area contributed by atoms with E-state index >= 15 is 0 Å². The lowest BCUT2D eigenvalue weighted by Crippen LogP contribution is -2.47. The first-order valence-corrected chi connectivity index (χ1v) is 5.71. The molecule has 9 heteroatoms. The molecule has 1 atom stereocenters. The number of amides is 3. The summed E-state index contributed by atoms with van der Waals surface area (Å²) in [5.41, 5.74) is 5.20. The molecule has 2 heterocycles. The molecule has 1 aromatic rings. The Bertz CT molecular complexity index is 419. The molecule has 98 valence electrons. The van der Waals surface area contributed by atoms with E-state index in [1.54, 1.807) is 0 Å². The van der Waals surface area contributed by atoms with Crippen molar-refractivity contribution in [3.63, 3.8) is 0 Å². The van der Waals surface area contributed by atoms with Crippen LogP contribution in [-0.4, -0.2) is 50.6 Å². The van der Waals surface area contributed by atoms with E-state index in [0.717, 1.165) is 12.8 Å². The predicted octanol–water partition coefficient (Wildman–Crippen LogP) is -1.39. The standard InChI is InChI=1S/C9H15N7O2/c10-9(18)16-3-1-2-6(5-16)8(17)11-4-7-12-14-15-13-7/h6H,1-5H2,(H2,10,18)(H,11,17)(H,12,13,14,15). The van der Waals surface area contributed by atoms with Crippen molar-refractivity contribution in [1.29, 1.82) is 0 Å². The summed E-state index contributed by atoms with van der Waals surface area (Å²) in [5.74, 6) is 0.0785. The number of likely N-dealkylation sites (tertiary alicyclic amines) is 1. The van der Waals surface area contributed by atoms with E-state index in [0.29, 0.717) is 18.9 Å². The van der Waals surface area contributed by atoms with Gasteiger partial charge in [-0.05, 0) is 12.8 Å². The number of nitrogens with one attached hydrogen (secondary N) is 2. The molecule has 1 aromatic heterocycles. The summed E-state index contributed by atoms with van der Waals surface area (Å²) in [6.07, 6.45) is 1.53. The Kier molecular flexibility index (Phi) is 3.70. The van der Waals surface area contributed by atoms with E-state index in [2.05, 4.69) is 25.9 Å². The van der Waals surface area contributed by atoms with Crippen molar-refractivity contribution in [3.8, 4) is 0 Å². The van der Waals surface area contributed by atoms with Crippen molar-refractivity contribution in [1.82, 2.24) is 30.8 Å². The highest BCUT2D eigenvalue weighted by Gasteiger charge is 2.27. The lowest BCUT2D eigenvalue weighted by molar-refractivity contribution is -0.126. The summed E-state index contributed by atoms with van der Waals surface area (Å²) in [5, 5.41) is 15.9. The van der Waals surface area contributed by atoms with Crippen molar-refractivity contribution in [3.05, 3.63) is 5.82 Å². The Morgan fingerprint density at radius 2 is 2.39 bits per heavy atom.